The number of ketones is 2. The molecule has 2 aliphatic rings. The second-order valence-electron chi connectivity index (χ2n) is 9.19. The number of allylic oxidation sites excluding steroid dienone is 2. The van der Waals surface area contributed by atoms with E-state index < -0.39 is 42.9 Å². The Bertz CT molecular complexity index is 1540. The highest BCUT2D eigenvalue weighted by Gasteiger charge is 2.51. The van der Waals surface area contributed by atoms with E-state index in [1.165, 1.54) is 12.1 Å². The normalized spacial score (nSPS) is 22.9. The first kappa shape index (κ1) is 24.8. The SMILES string of the molecule is CC(C)=CC[C@]1(C)C(=O)C(C2=NS(=O)(=O)c3cc(NS(C)(=O)=O)ccc3N2)C(=O)c2ccccc21. The van der Waals surface area contributed by atoms with Crippen molar-refractivity contribution in [2.75, 3.05) is 16.3 Å². The lowest BCUT2D eigenvalue weighted by Gasteiger charge is -2.38. The molecule has 0 saturated heterocycles. The molecule has 9 nitrogen and oxygen atoms in total. The van der Waals surface area contributed by atoms with Crippen LogP contribution in [0.3, 0.4) is 0 Å². The van der Waals surface area contributed by atoms with Crippen molar-refractivity contribution in [3.05, 3.63) is 65.2 Å². The van der Waals surface area contributed by atoms with E-state index in [2.05, 4.69) is 14.4 Å². The molecule has 2 atom stereocenters. The molecule has 2 aromatic carbocycles. The van der Waals surface area contributed by atoms with Gasteiger partial charge in [0.05, 0.1) is 17.4 Å². The number of carbonyl (C=O) groups excluding carboxylic acids is 2. The van der Waals surface area contributed by atoms with Gasteiger partial charge >= 0.3 is 0 Å². The molecule has 2 aromatic rings. The van der Waals surface area contributed by atoms with Crippen molar-refractivity contribution in [1.29, 1.82) is 0 Å². The number of hydrogen-bond acceptors (Lipinski definition) is 7. The van der Waals surface area contributed by atoms with Crippen molar-refractivity contribution in [2.45, 2.75) is 37.5 Å². The van der Waals surface area contributed by atoms with Crippen LogP contribution in [0.4, 0.5) is 11.4 Å². The molecule has 1 aliphatic carbocycles. The summed E-state index contributed by atoms with van der Waals surface area (Å²) in [6.45, 7) is 5.57. The van der Waals surface area contributed by atoms with Gasteiger partial charge in [0.1, 0.15) is 16.6 Å². The Balaban J connectivity index is 1.82. The fourth-order valence-corrected chi connectivity index (χ4v) is 6.09. The van der Waals surface area contributed by atoms with E-state index in [4.69, 9.17) is 0 Å². The highest BCUT2D eigenvalue weighted by Crippen LogP contribution is 2.42. The van der Waals surface area contributed by atoms with E-state index in [9.17, 15) is 26.4 Å². The molecule has 2 N–H and O–H groups in total. The summed E-state index contributed by atoms with van der Waals surface area (Å²) in [5.41, 5.74) is 1.03. The van der Waals surface area contributed by atoms with Crippen molar-refractivity contribution in [3.63, 3.8) is 0 Å². The van der Waals surface area contributed by atoms with Gasteiger partial charge in [0, 0.05) is 11.3 Å². The maximum absolute atomic E-state index is 13.8. The molecule has 4 rings (SSSR count). The number of amidine groups is 1. The third kappa shape index (κ3) is 4.53. The van der Waals surface area contributed by atoms with Crippen LogP contribution >= 0.6 is 0 Å². The zero-order valence-corrected chi connectivity index (χ0v) is 21.2. The average Bonchev–Trinajstić information content (AvgIpc) is 2.76. The first-order chi connectivity index (χ1) is 16.2. The average molecular weight is 516 g/mol. The first-order valence-electron chi connectivity index (χ1n) is 10.8. The predicted octanol–water partition coefficient (Wildman–Crippen LogP) is 3.27. The topological polar surface area (TPSA) is 139 Å². The third-order valence-corrected chi connectivity index (χ3v) is 8.03. The third-order valence-electron chi connectivity index (χ3n) is 6.09. The molecule has 0 amide bonds. The largest absolute Gasteiger partial charge is 0.341 e. The molecule has 0 aromatic heterocycles. The number of benzene rings is 2. The molecule has 0 saturated carbocycles. The number of rotatable bonds is 5. The number of nitrogens with one attached hydrogen (secondary N) is 2. The molecule has 0 bridgehead atoms. The molecule has 35 heavy (non-hydrogen) atoms. The van der Waals surface area contributed by atoms with Gasteiger partial charge in [0.25, 0.3) is 10.0 Å². The molecule has 0 spiro atoms. The van der Waals surface area contributed by atoms with Gasteiger partial charge in [-0.3, -0.25) is 14.3 Å². The summed E-state index contributed by atoms with van der Waals surface area (Å²) in [6.07, 6.45) is 3.20. The molecular formula is C24H25N3O6S2. The van der Waals surface area contributed by atoms with E-state index in [1.807, 2.05) is 19.9 Å². The van der Waals surface area contributed by atoms with Gasteiger partial charge in [-0.1, -0.05) is 35.9 Å². The number of hydrogen-bond donors (Lipinski definition) is 2. The summed E-state index contributed by atoms with van der Waals surface area (Å²) in [5.74, 6) is -2.68. The van der Waals surface area contributed by atoms with Crippen molar-refractivity contribution in [1.82, 2.24) is 0 Å². The van der Waals surface area contributed by atoms with E-state index >= 15 is 0 Å². The Kier molecular flexibility index (Phi) is 5.97. The van der Waals surface area contributed by atoms with Crippen LogP contribution in [-0.4, -0.2) is 40.5 Å². The van der Waals surface area contributed by atoms with Crippen LogP contribution in [0.1, 0.15) is 43.1 Å². The van der Waals surface area contributed by atoms with Crippen LogP contribution in [0.15, 0.2) is 63.4 Å². The van der Waals surface area contributed by atoms with Gasteiger partial charge < -0.3 is 5.32 Å². The lowest BCUT2D eigenvalue weighted by atomic mass is 9.63. The standard InChI is InChI=1S/C24H25N3O6S2/c1-14(2)11-12-24(3)17-8-6-5-7-16(17)21(28)20(22(24)29)23-25-18-10-9-15(26-34(4,30)31)13-19(18)35(32,33)27-23/h5-11,13,20,26H,12H2,1-4H3,(H,25,27)/t20?,24-/m0/s1. The molecule has 184 valence electrons. The number of fused-ring (bicyclic) bond motifs is 2. The van der Waals surface area contributed by atoms with Gasteiger partial charge in [0.15, 0.2) is 11.6 Å². The van der Waals surface area contributed by atoms with Crippen LogP contribution in [0.2, 0.25) is 0 Å². The minimum atomic E-state index is -4.33. The summed E-state index contributed by atoms with van der Waals surface area (Å²) in [6, 6.07) is 10.7. The zero-order chi connectivity index (χ0) is 25.8. The quantitative estimate of drug-likeness (QED) is 0.460. The molecule has 1 aliphatic heterocycles. The number of sulfonamides is 2. The summed E-state index contributed by atoms with van der Waals surface area (Å²) in [7, 11) is -7.96. The lowest BCUT2D eigenvalue weighted by Crippen LogP contribution is -2.51. The summed E-state index contributed by atoms with van der Waals surface area (Å²) < 4.78 is 55.2. The van der Waals surface area contributed by atoms with Crippen molar-refractivity contribution >= 4 is 48.8 Å². The van der Waals surface area contributed by atoms with Crippen molar-refractivity contribution < 1.29 is 26.4 Å². The minimum Gasteiger partial charge on any atom is -0.341 e. The monoisotopic (exact) mass is 515 g/mol. The summed E-state index contributed by atoms with van der Waals surface area (Å²) >= 11 is 0. The number of anilines is 2. The Morgan fingerprint density at radius 2 is 1.86 bits per heavy atom. The first-order valence-corrected chi connectivity index (χ1v) is 14.1. The maximum Gasteiger partial charge on any atom is 0.286 e. The molecular weight excluding hydrogens is 490 g/mol. The zero-order valence-electron chi connectivity index (χ0n) is 19.6. The van der Waals surface area contributed by atoms with Crippen molar-refractivity contribution in [3.8, 4) is 0 Å². The van der Waals surface area contributed by atoms with Gasteiger partial charge in [-0.15, -0.1) is 4.40 Å². The molecule has 11 heteroatoms. The van der Waals surface area contributed by atoms with E-state index in [1.54, 1.807) is 31.2 Å². The van der Waals surface area contributed by atoms with Gasteiger partial charge in [-0.2, -0.15) is 8.42 Å². The van der Waals surface area contributed by atoms with Crippen LogP contribution in [0.25, 0.3) is 0 Å². The van der Waals surface area contributed by atoms with Crippen LogP contribution in [-0.2, 0) is 30.3 Å². The van der Waals surface area contributed by atoms with E-state index in [0.717, 1.165) is 17.9 Å². The molecule has 1 heterocycles. The van der Waals surface area contributed by atoms with Crippen LogP contribution in [0.5, 0.6) is 0 Å². The minimum absolute atomic E-state index is 0.0447. The summed E-state index contributed by atoms with van der Waals surface area (Å²) in [4.78, 5) is 27.0. The fraction of sp³-hybridized carbons (Fsp3) is 0.292. The lowest BCUT2D eigenvalue weighted by molar-refractivity contribution is -0.125. The summed E-state index contributed by atoms with van der Waals surface area (Å²) in [5, 5.41) is 2.84. The molecule has 0 fully saturated rings. The molecule has 1 unspecified atom stereocenters. The highest BCUT2D eigenvalue weighted by molar-refractivity contribution is 7.92. The number of carbonyl (C=O) groups is 2. The van der Waals surface area contributed by atoms with Gasteiger partial charge in [-0.05, 0) is 51.0 Å². The van der Waals surface area contributed by atoms with Crippen molar-refractivity contribution in [2.24, 2.45) is 10.3 Å². The second kappa shape index (κ2) is 8.42. The van der Waals surface area contributed by atoms with Crippen LogP contribution < -0.4 is 10.0 Å². The molecule has 0 radical (unpaired) electrons. The maximum atomic E-state index is 13.8. The predicted molar refractivity (Wildman–Crippen MR) is 134 cm³/mol. The number of nitrogens with zero attached hydrogens (tertiary/aromatic N) is 1. The Morgan fingerprint density at radius 3 is 2.51 bits per heavy atom. The van der Waals surface area contributed by atoms with E-state index in [0.29, 0.717) is 17.5 Å². The number of Topliss-reactive ketones (excluding diaryl/α,β-unsaturated/α-hetero) is 2. The van der Waals surface area contributed by atoms with Gasteiger partial charge in [0.2, 0.25) is 10.0 Å². The second-order valence-corrected chi connectivity index (χ2v) is 12.5. The smallest absolute Gasteiger partial charge is 0.286 e. The Labute approximate surface area is 204 Å². The van der Waals surface area contributed by atoms with E-state index in [-0.39, 0.29) is 22.1 Å². The van der Waals surface area contributed by atoms with Crippen LogP contribution in [0, 0.1) is 5.92 Å². The van der Waals surface area contributed by atoms with Gasteiger partial charge in [-0.25, -0.2) is 8.42 Å². The Hall–Kier alpha value is -3.31. The Morgan fingerprint density at radius 1 is 1.17 bits per heavy atom. The highest BCUT2D eigenvalue weighted by atomic mass is 32.2. The fourth-order valence-electron chi connectivity index (χ4n) is 4.35.